The lowest BCUT2D eigenvalue weighted by molar-refractivity contribution is -0.139. The Hall–Kier alpha value is -2.18. The minimum atomic E-state index is -4.69. The second kappa shape index (κ2) is 8.01. The van der Waals surface area contributed by atoms with Crippen LogP contribution in [0.3, 0.4) is 0 Å². The minimum absolute atomic E-state index is 0.0856. The molecule has 1 aromatic carbocycles. The first-order valence-electron chi connectivity index (χ1n) is 8.24. The number of halogens is 5. The molecule has 1 atom stereocenters. The van der Waals surface area contributed by atoms with Crippen molar-refractivity contribution < 1.29 is 26.7 Å². The number of pyridine rings is 1. The highest BCUT2D eigenvalue weighted by Gasteiger charge is 2.35. The molecular formula is C19H20F5NO. The molecule has 1 unspecified atom stereocenters. The van der Waals surface area contributed by atoms with Crippen molar-refractivity contribution in [3.8, 4) is 16.9 Å². The van der Waals surface area contributed by atoms with Crippen LogP contribution in [0.5, 0.6) is 5.75 Å². The molecule has 0 saturated carbocycles. The van der Waals surface area contributed by atoms with Crippen LogP contribution in [0, 0.1) is 23.6 Å². The highest BCUT2D eigenvalue weighted by molar-refractivity contribution is 5.66. The van der Waals surface area contributed by atoms with Crippen LogP contribution in [-0.2, 0) is 6.18 Å². The number of benzene rings is 1. The maximum Gasteiger partial charge on any atom is 0.419 e. The van der Waals surface area contributed by atoms with Crippen molar-refractivity contribution in [2.75, 3.05) is 6.61 Å². The van der Waals surface area contributed by atoms with E-state index in [9.17, 15) is 22.0 Å². The van der Waals surface area contributed by atoms with Crippen molar-refractivity contribution in [3.63, 3.8) is 0 Å². The monoisotopic (exact) mass is 373 g/mol. The maximum absolute atomic E-state index is 13.8. The van der Waals surface area contributed by atoms with Gasteiger partial charge in [-0.25, -0.2) is 9.37 Å². The van der Waals surface area contributed by atoms with Gasteiger partial charge in [0.05, 0.1) is 12.2 Å². The first kappa shape index (κ1) is 20.1. The van der Waals surface area contributed by atoms with Gasteiger partial charge in [0, 0.05) is 11.8 Å². The third-order valence-electron chi connectivity index (χ3n) is 3.84. The summed E-state index contributed by atoms with van der Waals surface area (Å²) in [6.45, 7) is 6.08. The molecule has 0 N–H and O–H groups in total. The Morgan fingerprint density at radius 2 is 1.77 bits per heavy atom. The summed E-state index contributed by atoms with van der Waals surface area (Å²) in [5.74, 6) is -2.49. The molecule has 0 aliphatic rings. The van der Waals surface area contributed by atoms with E-state index in [0.29, 0.717) is 5.92 Å². The lowest BCUT2D eigenvalue weighted by Gasteiger charge is -2.19. The molecule has 0 saturated heterocycles. The van der Waals surface area contributed by atoms with Gasteiger partial charge in [-0.05, 0) is 42.0 Å². The molecule has 0 fully saturated rings. The molecule has 0 amide bonds. The van der Waals surface area contributed by atoms with Gasteiger partial charge in [-0.3, -0.25) is 0 Å². The first-order valence-corrected chi connectivity index (χ1v) is 8.24. The van der Waals surface area contributed by atoms with E-state index in [1.165, 1.54) is 6.07 Å². The normalized spacial score (nSPS) is 13.1. The lowest BCUT2D eigenvalue weighted by atomic mass is 9.99. The van der Waals surface area contributed by atoms with Crippen molar-refractivity contribution in [3.05, 3.63) is 47.8 Å². The summed E-state index contributed by atoms with van der Waals surface area (Å²) in [6.07, 6.45) is -2.87. The van der Waals surface area contributed by atoms with Crippen molar-refractivity contribution in [1.29, 1.82) is 0 Å². The second-order valence-electron chi connectivity index (χ2n) is 6.72. The molecule has 1 heterocycles. The third-order valence-corrected chi connectivity index (χ3v) is 3.84. The van der Waals surface area contributed by atoms with Crippen LogP contribution in [0.25, 0.3) is 11.1 Å². The smallest absolute Gasteiger partial charge is 0.419 e. The summed E-state index contributed by atoms with van der Waals surface area (Å²) in [5, 5.41) is 0. The summed E-state index contributed by atoms with van der Waals surface area (Å²) in [5.41, 5.74) is -1.41. The second-order valence-corrected chi connectivity index (χ2v) is 6.72. The standard InChI is InChI=1S/C19H20F5NO/c1-11(2)8-12(3)10-26-16-5-4-13(9-15(16)19(22,23)24)14-6-7-25-18(21)17(14)20/h4-7,9,11-12H,8,10H2,1-3H3. The van der Waals surface area contributed by atoms with E-state index in [2.05, 4.69) is 4.98 Å². The van der Waals surface area contributed by atoms with Crippen molar-refractivity contribution in [2.45, 2.75) is 33.4 Å². The zero-order valence-corrected chi connectivity index (χ0v) is 14.7. The van der Waals surface area contributed by atoms with Crippen LogP contribution in [0.1, 0.15) is 32.8 Å². The van der Waals surface area contributed by atoms with Crippen molar-refractivity contribution in [1.82, 2.24) is 4.98 Å². The number of aromatic nitrogens is 1. The van der Waals surface area contributed by atoms with Crippen molar-refractivity contribution in [2.24, 2.45) is 11.8 Å². The average Bonchev–Trinajstić information content (AvgIpc) is 2.54. The molecular weight excluding hydrogens is 353 g/mol. The van der Waals surface area contributed by atoms with Crippen molar-refractivity contribution >= 4 is 0 Å². The summed E-state index contributed by atoms with van der Waals surface area (Å²) in [7, 11) is 0. The van der Waals surface area contributed by atoms with E-state index in [1.54, 1.807) is 0 Å². The third kappa shape index (κ3) is 4.93. The number of alkyl halides is 3. The van der Waals surface area contributed by atoms with Gasteiger partial charge in [-0.15, -0.1) is 0 Å². The van der Waals surface area contributed by atoms with Crippen LogP contribution in [0.15, 0.2) is 30.5 Å². The predicted molar refractivity (Wildman–Crippen MR) is 88.7 cm³/mol. The predicted octanol–water partition coefficient (Wildman–Crippen LogP) is 6.11. The summed E-state index contributed by atoms with van der Waals surface area (Å²) < 4.78 is 72.7. The topological polar surface area (TPSA) is 22.1 Å². The quantitative estimate of drug-likeness (QED) is 0.450. The van der Waals surface area contributed by atoms with Crippen LogP contribution >= 0.6 is 0 Å². The zero-order chi connectivity index (χ0) is 19.5. The molecule has 0 radical (unpaired) electrons. The Kier molecular flexibility index (Phi) is 6.21. The Balaban J connectivity index is 2.35. The zero-order valence-electron chi connectivity index (χ0n) is 14.7. The van der Waals surface area contributed by atoms with Gasteiger partial charge in [0.2, 0.25) is 5.95 Å². The minimum Gasteiger partial charge on any atom is -0.493 e. The van der Waals surface area contributed by atoms with Crippen LogP contribution in [0.4, 0.5) is 22.0 Å². The SMILES string of the molecule is CC(C)CC(C)COc1ccc(-c2ccnc(F)c2F)cc1C(F)(F)F. The Bertz CT molecular complexity index is 758. The molecule has 0 spiro atoms. The molecule has 2 nitrogen and oxygen atoms in total. The summed E-state index contributed by atoms with van der Waals surface area (Å²) in [6, 6.07) is 4.30. The summed E-state index contributed by atoms with van der Waals surface area (Å²) in [4.78, 5) is 3.14. The molecule has 2 aromatic rings. The largest absolute Gasteiger partial charge is 0.493 e. The molecule has 0 aliphatic heterocycles. The first-order chi connectivity index (χ1) is 12.1. The summed E-state index contributed by atoms with van der Waals surface area (Å²) >= 11 is 0. The van der Waals surface area contributed by atoms with E-state index in [-0.39, 0.29) is 29.4 Å². The molecule has 1 aromatic heterocycles. The van der Waals surface area contributed by atoms with E-state index in [0.717, 1.165) is 30.8 Å². The molecule has 26 heavy (non-hydrogen) atoms. The van der Waals surface area contributed by atoms with Gasteiger partial charge in [0.25, 0.3) is 0 Å². The Labute approximate surface area is 149 Å². The van der Waals surface area contributed by atoms with Gasteiger partial charge in [0.1, 0.15) is 5.75 Å². The Morgan fingerprint density at radius 1 is 1.08 bits per heavy atom. The van der Waals surface area contributed by atoms with Gasteiger partial charge in [-0.2, -0.15) is 17.6 Å². The Morgan fingerprint density at radius 3 is 2.38 bits per heavy atom. The lowest BCUT2D eigenvalue weighted by Crippen LogP contribution is -2.14. The number of rotatable bonds is 6. The molecule has 142 valence electrons. The highest BCUT2D eigenvalue weighted by Crippen LogP contribution is 2.39. The van der Waals surface area contributed by atoms with Gasteiger partial charge < -0.3 is 4.74 Å². The maximum atomic E-state index is 13.8. The number of hydrogen-bond acceptors (Lipinski definition) is 2. The fraction of sp³-hybridized carbons (Fsp3) is 0.421. The van der Waals surface area contributed by atoms with Crippen LogP contribution in [-0.4, -0.2) is 11.6 Å². The molecule has 7 heteroatoms. The number of ether oxygens (including phenoxy) is 1. The van der Waals surface area contributed by atoms with E-state index >= 15 is 0 Å². The van der Waals surface area contributed by atoms with Crippen LogP contribution < -0.4 is 4.74 Å². The van der Waals surface area contributed by atoms with Gasteiger partial charge >= 0.3 is 6.18 Å². The molecule has 0 bridgehead atoms. The average molecular weight is 373 g/mol. The van der Waals surface area contributed by atoms with E-state index in [4.69, 9.17) is 4.74 Å². The molecule has 0 aliphatic carbocycles. The number of hydrogen-bond donors (Lipinski definition) is 0. The number of nitrogens with zero attached hydrogens (tertiary/aromatic N) is 1. The molecule has 2 rings (SSSR count). The highest BCUT2D eigenvalue weighted by atomic mass is 19.4. The fourth-order valence-electron chi connectivity index (χ4n) is 2.79. The van der Waals surface area contributed by atoms with Crippen LogP contribution in [0.2, 0.25) is 0 Å². The van der Waals surface area contributed by atoms with E-state index < -0.39 is 23.5 Å². The fourth-order valence-corrected chi connectivity index (χ4v) is 2.79. The van der Waals surface area contributed by atoms with Gasteiger partial charge in [-0.1, -0.05) is 26.8 Å². The van der Waals surface area contributed by atoms with E-state index in [1.807, 2.05) is 20.8 Å². The van der Waals surface area contributed by atoms with Gasteiger partial charge in [0.15, 0.2) is 5.82 Å².